The van der Waals surface area contributed by atoms with Crippen LogP contribution in [0.15, 0.2) is 12.1 Å². The second-order valence-corrected chi connectivity index (χ2v) is 9.50. The number of fused-ring (bicyclic) bond motifs is 3. The molecule has 25 heavy (non-hydrogen) atoms. The smallest absolute Gasteiger partial charge is 0.129 e. The first kappa shape index (κ1) is 17.6. The summed E-state index contributed by atoms with van der Waals surface area (Å²) in [5.41, 5.74) is 2.56. The summed E-state index contributed by atoms with van der Waals surface area (Å²) >= 11 is 6.34. The Labute approximate surface area is 155 Å². The van der Waals surface area contributed by atoms with Gasteiger partial charge in [0.25, 0.3) is 0 Å². The van der Waals surface area contributed by atoms with Crippen LogP contribution in [0.1, 0.15) is 69.9 Å². The predicted molar refractivity (Wildman–Crippen MR) is 99.2 cm³/mol. The average Bonchev–Trinajstić information content (AvgIpc) is 3.19. The predicted octanol–water partition coefficient (Wildman–Crippen LogP) is 5.05. The minimum Gasteiger partial charge on any atom is -0.487 e. The lowest BCUT2D eigenvalue weighted by Crippen LogP contribution is -2.27. The molecule has 4 rings (SSSR count). The van der Waals surface area contributed by atoms with E-state index in [1.54, 1.807) is 0 Å². The molecule has 1 aliphatic heterocycles. The molecule has 2 aliphatic carbocycles. The second kappa shape index (κ2) is 6.14. The fourth-order valence-electron chi connectivity index (χ4n) is 5.34. The Morgan fingerprint density at radius 2 is 1.96 bits per heavy atom. The van der Waals surface area contributed by atoms with Crippen LogP contribution in [0.25, 0.3) is 0 Å². The van der Waals surface area contributed by atoms with Gasteiger partial charge in [-0.15, -0.1) is 0 Å². The van der Waals surface area contributed by atoms with E-state index in [4.69, 9.17) is 26.2 Å². The van der Waals surface area contributed by atoms with E-state index in [2.05, 4.69) is 13.8 Å². The Balaban J connectivity index is 1.47. The maximum Gasteiger partial charge on any atom is 0.129 e. The third-order valence-electron chi connectivity index (χ3n) is 6.52. The Morgan fingerprint density at radius 3 is 2.68 bits per heavy atom. The highest BCUT2D eigenvalue weighted by atomic mass is 35.5. The van der Waals surface area contributed by atoms with Gasteiger partial charge in [0.15, 0.2) is 0 Å². The van der Waals surface area contributed by atoms with Gasteiger partial charge in [-0.3, -0.25) is 0 Å². The summed E-state index contributed by atoms with van der Waals surface area (Å²) in [6.45, 7) is 5.12. The van der Waals surface area contributed by atoms with Crippen LogP contribution in [0.2, 0.25) is 5.02 Å². The second-order valence-electron chi connectivity index (χ2n) is 9.07. The van der Waals surface area contributed by atoms with E-state index in [0.29, 0.717) is 18.6 Å². The van der Waals surface area contributed by atoms with Crippen molar-refractivity contribution in [2.24, 2.45) is 5.41 Å². The maximum atomic E-state index is 9.17. The molecule has 4 heteroatoms. The van der Waals surface area contributed by atoms with Gasteiger partial charge in [0.2, 0.25) is 0 Å². The summed E-state index contributed by atoms with van der Waals surface area (Å²) in [7, 11) is 0. The molecule has 138 valence electrons. The largest absolute Gasteiger partial charge is 0.487 e. The van der Waals surface area contributed by atoms with Crippen molar-refractivity contribution in [3.63, 3.8) is 0 Å². The van der Waals surface area contributed by atoms with E-state index in [1.165, 1.54) is 18.4 Å². The zero-order valence-electron chi connectivity index (χ0n) is 15.4. The summed E-state index contributed by atoms with van der Waals surface area (Å²) in [4.78, 5) is 0. The first-order valence-corrected chi connectivity index (χ1v) is 9.97. The van der Waals surface area contributed by atoms with Gasteiger partial charge in [-0.2, -0.15) is 0 Å². The molecule has 3 nitrogen and oxygen atoms in total. The maximum absolute atomic E-state index is 9.17. The van der Waals surface area contributed by atoms with Crippen LogP contribution in [0.5, 0.6) is 5.75 Å². The highest BCUT2D eigenvalue weighted by Crippen LogP contribution is 2.60. The lowest BCUT2D eigenvalue weighted by molar-refractivity contribution is -0.0495. The standard InChI is InChI=1S/C21H29ClO3/c1-19(2)12-15-10-17(22)11-16(18(15)25-19)13-24-21-7-5-20(14-21,6-8-21)4-3-9-23/h10-11,23H,3-9,12-14H2,1-2H3. The molecule has 0 spiro atoms. The van der Waals surface area contributed by atoms with Crippen molar-refractivity contribution in [2.45, 2.75) is 83.0 Å². The number of aliphatic hydroxyl groups excluding tert-OH is 1. The monoisotopic (exact) mass is 364 g/mol. The first-order valence-electron chi connectivity index (χ1n) is 9.60. The summed E-state index contributed by atoms with van der Waals surface area (Å²) in [6.07, 6.45) is 8.87. The van der Waals surface area contributed by atoms with Crippen LogP contribution in [0.3, 0.4) is 0 Å². The molecule has 1 aromatic carbocycles. The summed E-state index contributed by atoms with van der Waals surface area (Å²) in [5, 5.41) is 9.94. The summed E-state index contributed by atoms with van der Waals surface area (Å²) in [5.74, 6) is 0.980. The molecule has 1 aromatic rings. The minimum atomic E-state index is -0.166. The van der Waals surface area contributed by atoms with Crippen molar-refractivity contribution in [1.29, 1.82) is 0 Å². The summed E-state index contributed by atoms with van der Waals surface area (Å²) < 4.78 is 12.7. The van der Waals surface area contributed by atoms with Crippen LogP contribution in [-0.4, -0.2) is 22.9 Å². The van der Waals surface area contributed by atoms with Crippen molar-refractivity contribution in [3.8, 4) is 5.75 Å². The molecule has 2 saturated carbocycles. The minimum absolute atomic E-state index is 0.0266. The lowest BCUT2D eigenvalue weighted by atomic mass is 9.80. The third kappa shape index (κ3) is 3.31. The van der Waals surface area contributed by atoms with Crippen LogP contribution >= 0.6 is 11.6 Å². The topological polar surface area (TPSA) is 38.7 Å². The molecule has 2 bridgehead atoms. The SMILES string of the molecule is CC1(C)Cc2cc(Cl)cc(COC34CCC(CCCO)(CC3)C4)c2O1. The van der Waals surface area contributed by atoms with Crippen LogP contribution < -0.4 is 4.74 Å². The van der Waals surface area contributed by atoms with Gasteiger partial charge in [0.1, 0.15) is 11.4 Å². The fraction of sp³-hybridized carbons (Fsp3) is 0.714. The van der Waals surface area contributed by atoms with Crippen molar-refractivity contribution in [3.05, 3.63) is 28.3 Å². The number of aliphatic hydroxyl groups is 1. The van der Waals surface area contributed by atoms with Gasteiger partial charge in [0.05, 0.1) is 12.2 Å². The van der Waals surface area contributed by atoms with Crippen LogP contribution in [-0.2, 0) is 17.8 Å². The number of halogens is 1. The number of benzene rings is 1. The molecule has 0 aromatic heterocycles. The van der Waals surface area contributed by atoms with Gasteiger partial charge in [-0.1, -0.05) is 11.6 Å². The summed E-state index contributed by atoms with van der Waals surface area (Å²) in [6, 6.07) is 4.03. The van der Waals surface area contributed by atoms with E-state index < -0.39 is 0 Å². The molecule has 0 radical (unpaired) electrons. The average molecular weight is 365 g/mol. The molecule has 3 aliphatic rings. The zero-order chi connectivity index (χ0) is 17.7. The van der Waals surface area contributed by atoms with E-state index in [1.807, 2.05) is 12.1 Å². The molecule has 1 N–H and O–H groups in total. The number of hydrogen-bond donors (Lipinski definition) is 1. The van der Waals surface area contributed by atoms with Gasteiger partial charge in [-0.05, 0) is 81.9 Å². The number of rotatable bonds is 6. The van der Waals surface area contributed by atoms with Crippen molar-refractivity contribution >= 4 is 11.6 Å². The number of ether oxygens (including phenoxy) is 2. The van der Waals surface area contributed by atoms with E-state index >= 15 is 0 Å². The van der Waals surface area contributed by atoms with Crippen molar-refractivity contribution in [1.82, 2.24) is 0 Å². The Kier molecular flexibility index (Phi) is 4.33. The van der Waals surface area contributed by atoms with Crippen LogP contribution in [0, 0.1) is 5.41 Å². The quantitative estimate of drug-likeness (QED) is 0.768. The van der Waals surface area contributed by atoms with Gasteiger partial charge in [0, 0.05) is 23.6 Å². The molecule has 0 unspecified atom stereocenters. The molecule has 0 amide bonds. The van der Waals surface area contributed by atoms with Crippen molar-refractivity contribution in [2.75, 3.05) is 6.61 Å². The zero-order valence-corrected chi connectivity index (χ0v) is 16.1. The molecule has 1 heterocycles. The molecular formula is C21H29ClO3. The highest BCUT2D eigenvalue weighted by molar-refractivity contribution is 6.30. The van der Waals surface area contributed by atoms with Crippen LogP contribution in [0.4, 0.5) is 0 Å². The third-order valence-corrected chi connectivity index (χ3v) is 6.74. The van der Waals surface area contributed by atoms with E-state index in [9.17, 15) is 0 Å². The Bertz CT molecular complexity index is 659. The molecule has 0 saturated heterocycles. The Morgan fingerprint density at radius 1 is 1.20 bits per heavy atom. The van der Waals surface area contributed by atoms with Gasteiger partial charge < -0.3 is 14.6 Å². The van der Waals surface area contributed by atoms with Crippen molar-refractivity contribution < 1.29 is 14.6 Å². The van der Waals surface area contributed by atoms with Gasteiger partial charge >= 0.3 is 0 Å². The Hall–Kier alpha value is -0.770. The first-order chi connectivity index (χ1) is 11.8. The van der Waals surface area contributed by atoms with E-state index in [-0.39, 0.29) is 11.2 Å². The highest BCUT2D eigenvalue weighted by Gasteiger charge is 2.54. The molecule has 2 fully saturated rings. The lowest BCUT2D eigenvalue weighted by Gasteiger charge is -2.28. The normalized spacial score (nSPS) is 32.0. The number of hydrogen-bond acceptors (Lipinski definition) is 3. The molecule has 0 atom stereocenters. The van der Waals surface area contributed by atoms with Gasteiger partial charge in [-0.25, -0.2) is 0 Å². The van der Waals surface area contributed by atoms with E-state index in [0.717, 1.165) is 54.9 Å². The molecular weight excluding hydrogens is 336 g/mol. The fourth-order valence-corrected chi connectivity index (χ4v) is 5.61.